The van der Waals surface area contributed by atoms with Gasteiger partial charge in [-0.1, -0.05) is 17.3 Å². The average molecular weight is 450 g/mol. The van der Waals surface area contributed by atoms with Gasteiger partial charge in [-0.05, 0) is 56.2 Å². The van der Waals surface area contributed by atoms with Crippen molar-refractivity contribution < 1.29 is 14.3 Å². The molecular weight excluding hydrogens is 426 g/mol. The summed E-state index contributed by atoms with van der Waals surface area (Å²) in [6.07, 6.45) is 0.162. The van der Waals surface area contributed by atoms with Crippen molar-refractivity contribution in [3.05, 3.63) is 69.2 Å². The SMILES string of the molecule is CCn1nnc2cc(C(=O)OCc3csc(CC(=O)Nc4cc(C)ccc4C)n3)ccc21. The molecular formula is C23H23N5O3S. The third-order valence-electron chi connectivity index (χ3n) is 4.98. The van der Waals surface area contributed by atoms with Crippen LogP contribution in [0.4, 0.5) is 5.69 Å². The second-order valence-electron chi connectivity index (χ2n) is 7.46. The summed E-state index contributed by atoms with van der Waals surface area (Å²) in [6.45, 7) is 6.65. The van der Waals surface area contributed by atoms with Crippen molar-refractivity contribution in [2.75, 3.05) is 5.32 Å². The zero-order valence-electron chi connectivity index (χ0n) is 18.1. The zero-order valence-corrected chi connectivity index (χ0v) is 18.9. The number of rotatable bonds is 7. The number of aryl methyl sites for hydroxylation is 3. The Morgan fingerprint density at radius 1 is 1.16 bits per heavy atom. The molecule has 32 heavy (non-hydrogen) atoms. The van der Waals surface area contributed by atoms with Crippen LogP contribution in [0.5, 0.6) is 0 Å². The fraction of sp³-hybridized carbons (Fsp3) is 0.261. The summed E-state index contributed by atoms with van der Waals surface area (Å²) in [5.74, 6) is -0.592. The number of amides is 1. The predicted octanol–water partition coefficient (Wildman–Crippen LogP) is 4.06. The van der Waals surface area contributed by atoms with E-state index in [0.29, 0.717) is 28.3 Å². The monoisotopic (exact) mass is 449 g/mol. The van der Waals surface area contributed by atoms with Gasteiger partial charge in [0.2, 0.25) is 5.91 Å². The van der Waals surface area contributed by atoms with Gasteiger partial charge in [0.25, 0.3) is 0 Å². The normalized spacial score (nSPS) is 11.0. The van der Waals surface area contributed by atoms with E-state index in [-0.39, 0.29) is 18.9 Å². The molecule has 8 nitrogen and oxygen atoms in total. The summed E-state index contributed by atoms with van der Waals surface area (Å²) >= 11 is 1.37. The molecule has 9 heteroatoms. The van der Waals surface area contributed by atoms with E-state index in [4.69, 9.17) is 4.74 Å². The molecule has 0 atom stereocenters. The van der Waals surface area contributed by atoms with E-state index in [0.717, 1.165) is 22.3 Å². The first-order valence-electron chi connectivity index (χ1n) is 10.2. The van der Waals surface area contributed by atoms with Crippen molar-refractivity contribution >= 4 is 39.9 Å². The van der Waals surface area contributed by atoms with E-state index in [2.05, 4.69) is 20.6 Å². The second kappa shape index (κ2) is 9.27. The number of nitrogens with zero attached hydrogens (tertiary/aromatic N) is 4. The Morgan fingerprint density at radius 3 is 2.81 bits per heavy atom. The van der Waals surface area contributed by atoms with Crippen LogP contribution in [0.1, 0.15) is 39.1 Å². The number of carbonyl (C=O) groups is 2. The first-order chi connectivity index (χ1) is 15.4. The van der Waals surface area contributed by atoms with E-state index in [9.17, 15) is 9.59 Å². The number of esters is 1. The van der Waals surface area contributed by atoms with E-state index in [1.807, 2.05) is 45.0 Å². The lowest BCUT2D eigenvalue weighted by atomic mass is 10.1. The maximum Gasteiger partial charge on any atom is 0.338 e. The minimum atomic E-state index is -0.458. The molecule has 1 N–H and O–H groups in total. The number of ether oxygens (including phenoxy) is 1. The van der Waals surface area contributed by atoms with Crippen LogP contribution in [-0.4, -0.2) is 31.9 Å². The molecule has 0 aliphatic rings. The van der Waals surface area contributed by atoms with Crippen molar-refractivity contribution in [1.29, 1.82) is 0 Å². The highest BCUT2D eigenvalue weighted by molar-refractivity contribution is 7.09. The van der Waals surface area contributed by atoms with E-state index in [1.54, 1.807) is 22.2 Å². The van der Waals surface area contributed by atoms with Gasteiger partial charge in [0, 0.05) is 17.6 Å². The molecule has 0 radical (unpaired) electrons. The summed E-state index contributed by atoms with van der Waals surface area (Å²) in [5.41, 5.74) is 5.42. The van der Waals surface area contributed by atoms with E-state index >= 15 is 0 Å². The second-order valence-corrected chi connectivity index (χ2v) is 8.40. The molecule has 0 fully saturated rings. The summed E-state index contributed by atoms with van der Waals surface area (Å²) < 4.78 is 7.15. The standard InChI is InChI=1S/C23H23N5O3S/c1-4-28-20-8-7-16(10-19(20)26-27-28)23(30)31-12-17-13-32-22(24-17)11-21(29)25-18-9-14(2)5-6-15(18)3/h5-10,13H,4,11-12H2,1-3H3,(H,25,29). The number of nitrogens with one attached hydrogen (secondary N) is 1. The number of benzene rings is 2. The van der Waals surface area contributed by atoms with Gasteiger partial charge in [-0.3, -0.25) is 4.79 Å². The smallest absolute Gasteiger partial charge is 0.338 e. The zero-order chi connectivity index (χ0) is 22.7. The Kier molecular flexibility index (Phi) is 6.27. The van der Waals surface area contributed by atoms with Crippen molar-refractivity contribution in [3.8, 4) is 0 Å². The first kappa shape index (κ1) is 21.6. The highest BCUT2D eigenvalue weighted by atomic mass is 32.1. The van der Waals surface area contributed by atoms with Crippen molar-refractivity contribution in [2.24, 2.45) is 0 Å². The summed E-state index contributed by atoms with van der Waals surface area (Å²) in [5, 5.41) is 13.5. The molecule has 164 valence electrons. The van der Waals surface area contributed by atoms with Crippen LogP contribution in [0.15, 0.2) is 41.8 Å². The Labute approximate surface area is 189 Å². The molecule has 0 aliphatic carbocycles. The van der Waals surface area contributed by atoms with Gasteiger partial charge in [-0.15, -0.1) is 16.4 Å². The molecule has 0 saturated heterocycles. The molecule has 4 rings (SSSR count). The summed E-state index contributed by atoms with van der Waals surface area (Å²) in [6, 6.07) is 11.1. The lowest BCUT2D eigenvalue weighted by Crippen LogP contribution is -2.15. The van der Waals surface area contributed by atoms with Gasteiger partial charge in [0.15, 0.2) is 0 Å². The van der Waals surface area contributed by atoms with Crippen LogP contribution in [0, 0.1) is 13.8 Å². The molecule has 2 aromatic carbocycles. The minimum absolute atomic E-state index is 0.0353. The van der Waals surface area contributed by atoms with Gasteiger partial charge in [-0.2, -0.15) is 0 Å². The van der Waals surface area contributed by atoms with Crippen LogP contribution < -0.4 is 5.32 Å². The molecule has 0 aliphatic heterocycles. The third kappa shape index (κ3) is 4.83. The average Bonchev–Trinajstić information content (AvgIpc) is 3.40. The van der Waals surface area contributed by atoms with Gasteiger partial charge in [0.05, 0.1) is 23.2 Å². The molecule has 2 heterocycles. The Morgan fingerprint density at radius 2 is 2.00 bits per heavy atom. The highest BCUT2D eigenvalue weighted by Gasteiger charge is 2.14. The van der Waals surface area contributed by atoms with Crippen LogP contribution in [-0.2, 0) is 29.1 Å². The predicted molar refractivity (Wildman–Crippen MR) is 123 cm³/mol. The van der Waals surface area contributed by atoms with Crippen LogP contribution in [0.2, 0.25) is 0 Å². The largest absolute Gasteiger partial charge is 0.456 e. The highest BCUT2D eigenvalue weighted by Crippen LogP contribution is 2.19. The van der Waals surface area contributed by atoms with E-state index in [1.165, 1.54) is 11.3 Å². The van der Waals surface area contributed by atoms with Gasteiger partial charge < -0.3 is 10.1 Å². The number of hydrogen-bond donors (Lipinski definition) is 1. The third-order valence-corrected chi connectivity index (χ3v) is 5.88. The van der Waals surface area contributed by atoms with Crippen molar-refractivity contribution in [3.63, 3.8) is 0 Å². The maximum absolute atomic E-state index is 12.4. The number of hydrogen-bond acceptors (Lipinski definition) is 7. The maximum atomic E-state index is 12.4. The first-order valence-corrected chi connectivity index (χ1v) is 11.1. The Balaban J connectivity index is 1.33. The lowest BCUT2D eigenvalue weighted by molar-refractivity contribution is -0.115. The number of thiazole rings is 1. The van der Waals surface area contributed by atoms with Gasteiger partial charge in [0.1, 0.15) is 17.1 Å². The van der Waals surface area contributed by atoms with Gasteiger partial charge in [-0.25, -0.2) is 14.5 Å². The Hall–Kier alpha value is -3.59. The molecule has 1 amide bonds. The van der Waals surface area contributed by atoms with Crippen molar-refractivity contribution in [2.45, 2.75) is 40.3 Å². The van der Waals surface area contributed by atoms with Gasteiger partial charge >= 0.3 is 5.97 Å². The number of fused-ring (bicyclic) bond motifs is 1. The number of aromatic nitrogens is 4. The van der Waals surface area contributed by atoms with E-state index < -0.39 is 5.97 Å². The number of anilines is 1. The lowest BCUT2D eigenvalue weighted by Gasteiger charge is -2.08. The van der Waals surface area contributed by atoms with Crippen molar-refractivity contribution in [1.82, 2.24) is 20.0 Å². The van der Waals surface area contributed by atoms with Crippen LogP contribution in [0.25, 0.3) is 11.0 Å². The Bertz CT molecular complexity index is 1290. The minimum Gasteiger partial charge on any atom is -0.456 e. The fourth-order valence-electron chi connectivity index (χ4n) is 3.25. The topological polar surface area (TPSA) is 99.0 Å². The van der Waals surface area contributed by atoms with Crippen LogP contribution in [0.3, 0.4) is 0 Å². The molecule has 0 spiro atoms. The quantitative estimate of drug-likeness (QED) is 0.427. The number of carbonyl (C=O) groups excluding carboxylic acids is 2. The molecule has 4 aromatic rings. The summed E-state index contributed by atoms with van der Waals surface area (Å²) in [7, 11) is 0. The molecule has 2 aromatic heterocycles. The molecule has 0 bridgehead atoms. The molecule has 0 unspecified atom stereocenters. The van der Waals surface area contributed by atoms with Crippen LogP contribution >= 0.6 is 11.3 Å². The summed E-state index contributed by atoms with van der Waals surface area (Å²) in [4.78, 5) is 29.2. The fourth-order valence-corrected chi connectivity index (χ4v) is 4.03. The molecule has 0 saturated carbocycles.